The van der Waals surface area contributed by atoms with E-state index >= 15 is 0 Å². The first-order valence-electron chi connectivity index (χ1n) is 13.9. The highest BCUT2D eigenvalue weighted by atomic mass is 16.5. The highest BCUT2D eigenvalue weighted by Crippen LogP contribution is 2.42. The molecule has 0 saturated carbocycles. The fourth-order valence-corrected chi connectivity index (χ4v) is 5.22. The second kappa shape index (κ2) is 13.7. The number of hydrogen-bond acceptors (Lipinski definition) is 8. The number of nitrogens with zero attached hydrogens (tertiary/aromatic N) is 2. The van der Waals surface area contributed by atoms with E-state index in [9.17, 15) is 14.7 Å². The molecule has 0 radical (unpaired) electrons. The number of Topliss-reactive ketones (excluding diaryl/α,β-unsaturated/α-hetero) is 1. The Morgan fingerprint density at radius 1 is 0.975 bits per heavy atom. The summed E-state index contributed by atoms with van der Waals surface area (Å²) in [6.07, 6.45) is 3.10. The molecule has 40 heavy (non-hydrogen) atoms. The number of hydrogen-bond donors (Lipinski definition) is 1. The molecule has 2 aromatic carbocycles. The number of aliphatic hydroxyl groups excluding tert-OH is 1. The van der Waals surface area contributed by atoms with Gasteiger partial charge in [-0.1, -0.05) is 25.8 Å². The molecule has 0 spiro atoms. The lowest BCUT2D eigenvalue weighted by Crippen LogP contribution is -2.42. The van der Waals surface area contributed by atoms with Gasteiger partial charge >= 0.3 is 0 Å². The molecule has 2 heterocycles. The van der Waals surface area contributed by atoms with Crippen molar-refractivity contribution in [3.05, 3.63) is 58.7 Å². The quantitative estimate of drug-likeness (QED) is 0.180. The van der Waals surface area contributed by atoms with Crippen molar-refractivity contribution in [2.75, 3.05) is 60.2 Å². The molecule has 2 fully saturated rings. The Labute approximate surface area is 236 Å². The summed E-state index contributed by atoms with van der Waals surface area (Å²) in [7, 11) is 3.14. The fourth-order valence-electron chi connectivity index (χ4n) is 5.22. The van der Waals surface area contributed by atoms with Crippen LogP contribution < -0.4 is 14.2 Å². The molecular formula is C31H40N2O7. The van der Waals surface area contributed by atoms with Crippen molar-refractivity contribution in [2.45, 2.75) is 39.2 Å². The third-order valence-corrected chi connectivity index (χ3v) is 7.48. The molecule has 4 rings (SSSR count). The molecule has 9 heteroatoms. The van der Waals surface area contributed by atoms with E-state index in [1.54, 1.807) is 49.5 Å². The monoisotopic (exact) mass is 552 g/mol. The SMILES string of the molecule is CCCCCOc1ccc(C2/C(=C(\O)c3ccc(OC)c(C)c3)C(=O)C(=O)N2CCN2CCOCC2)cc1OC. The van der Waals surface area contributed by atoms with Crippen LogP contribution in [0.15, 0.2) is 42.0 Å². The van der Waals surface area contributed by atoms with E-state index in [1.807, 2.05) is 13.0 Å². The Kier molecular flexibility index (Phi) is 10.1. The van der Waals surface area contributed by atoms with Gasteiger partial charge in [-0.3, -0.25) is 14.5 Å². The maximum atomic E-state index is 13.5. The van der Waals surface area contributed by atoms with Crippen molar-refractivity contribution >= 4 is 17.4 Å². The predicted octanol–water partition coefficient (Wildman–Crippen LogP) is 4.34. The number of carbonyl (C=O) groups is 2. The normalized spacial score (nSPS) is 19.2. The summed E-state index contributed by atoms with van der Waals surface area (Å²) in [6.45, 7) is 8.27. The largest absolute Gasteiger partial charge is 0.507 e. The van der Waals surface area contributed by atoms with Gasteiger partial charge in [0.25, 0.3) is 11.7 Å². The van der Waals surface area contributed by atoms with Crippen LogP contribution in [0.3, 0.4) is 0 Å². The molecule has 2 aliphatic rings. The van der Waals surface area contributed by atoms with Crippen LogP contribution >= 0.6 is 0 Å². The fraction of sp³-hybridized carbons (Fsp3) is 0.484. The van der Waals surface area contributed by atoms with E-state index < -0.39 is 17.7 Å². The van der Waals surface area contributed by atoms with Crippen molar-refractivity contribution in [1.82, 2.24) is 9.80 Å². The second-order valence-electron chi connectivity index (χ2n) is 10.1. The number of aliphatic hydroxyl groups is 1. The van der Waals surface area contributed by atoms with Crippen molar-refractivity contribution in [3.63, 3.8) is 0 Å². The molecule has 0 bridgehead atoms. The number of benzene rings is 2. The predicted molar refractivity (Wildman–Crippen MR) is 152 cm³/mol. The first kappa shape index (κ1) is 29.4. The molecule has 2 aliphatic heterocycles. The smallest absolute Gasteiger partial charge is 0.295 e. The maximum Gasteiger partial charge on any atom is 0.295 e. The van der Waals surface area contributed by atoms with Gasteiger partial charge in [0.2, 0.25) is 0 Å². The van der Waals surface area contributed by atoms with Crippen molar-refractivity contribution in [3.8, 4) is 17.2 Å². The van der Waals surface area contributed by atoms with Gasteiger partial charge in [0, 0.05) is 31.7 Å². The van der Waals surface area contributed by atoms with E-state index in [0.29, 0.717) is 61.3 Å². The first-order chi connectivity index (χ1) is 19.4. The summed E-state index contributed by atoms with van der Waals surface area (Å²) in [5.41, 5.74) is 1.95. The number of methoxy groups -OCH3 is 2. The molecule has 2 saturated heterocycles. The van der Waals surface area contributed by atoms with Gasteiger partial charge in [-0.25, -0.2) is 0 Å². The average molecular weight is 553 g/mol. The molecule has 2 aromatic rings. The van der Waals surface area contributed by atoms with E-state index in [-0.39, 0.29) is 11.3 Å². The highest BCUT2D eigenvalue weighted by Gasteiger charge is 2.46. The number of carbonyl (C=O) groups excluding carboxylic acids is 2. The van der Waals surface area contributed by atoms with Gasteiger partial charge in [-0.15, -0.1) is 0 Å². The number of rotatable bonds is 12. The Hall–Kier alpha value is -3.56. The van der Waals surface area contributed by atoms with Crippen molar-refractivity contribution in [2.24, 2.45) is 0 Å². The van der Waals surface area contributed by atoms with Gasteiger partial charge in [-0.05, 0) is 54.8 Å². The van der Waals surface area contributed by atoms with E-state index in [1.165, 1.54) is 0 Å². The zero-order valence-electron chi connectivity index (χ0n) is 23.9. The summed E-state index contributed by atoms with van der Waals surface area (Å²) < 4.78 is 22.4. The minimum absolute atomic E-state index is 0.0511. The van der Waals surface area contributed by atoms with Crippen LogP contribution in [0.25, 0.3) is 5.76 Å². The molecular weight excluding hydrogens is 512 g/mol. The lowest BCUT2D eigenvalue weighted by Gasteiger charge is -2.31. The highest BCUT2D eigenvalue weighted by molar-refractivity contribution is 6.46. The van der Waals surface area contributed by atoms with E-state index in [2.05, 4.69) is 11.8 Å². The van der Waals surface area contributed by atoms with Gasteiger partial charge in [0.05, 0.1) is 45.7 Å². The number of aryl methyl sites for hydroxylation is 1. The Morgan fingerprint density at radius 2 is 1.70 bits per heavy atom. The lowest BCUT2D eigenvalue weighted by atomic mass is 9.94. The van der Waals surface area contributed by atoms with Crippen LogP contribution in [-0.2, 0) is 14.3 Å². The minimum atomic E-state index is -0.786. The number of morpholine rings is 1. The number of unbranched alkanes of at least 4 members (excludes halogenated alkanes) is 2. The molecule has 0 aromatic heterocycles. The van der Waals surface area contributed by atoms with Crippen LogP contribution in [0.4, 0.5) is 0 Å². The van der Waals surface area contributed by atoms with Crippen LogP contribution in [0.1, 0.15) is 48.9 Å². The third-order valence-electron chi connectivity index (χ3n) is 7.48. The van der Waals surface area contributed by atoms with Crippen LogP contribution in [0.2, 0.25) is 0 Å². The third kappa shape index (κ3) is 6.42. The number of amides is 1. The number of ether oxygens (including phenoxy) is 4. The van der Waals surface area contributed by atoms with Crippen LogP contribution in [0.5, 0.6) is 17.2 Å². The van der Waals surface area contributed by atoms with Gasteiger partial charge < -0.3 is 29.0 Å². The summed E-state index contributed by atoms with van der Waals surface area (Å²) in [6, 6.07) is 9.82. The summed E-state index contributed by atoms with van der Waals surface area (Å²) in [4.78, 5) is 30.6. The standard InChI is InChI=1S/C31H40N2O7/c1-5-6-7-16-40-25-11-8-22(20-26(25)38-4)28-27(29(34)23-9-10-24(37-3)21(2)19-23)30(35)31(36)33(28)13-12-32-14-17-39-18-15-32/h8-11,19-20,28,34H,5-7,12-18H2,1-4H3/b29-27+. The maximum absolute atomic E-state index is 13.5. The molecule has 1 amide bonds. The van der Waals surface area contributed by atoms with Crippen LogP contribution in [0, 0.1) is 6.92 Å². The zero-order chi connectivity index (χ0) is 28.6. The topological polar surface area (TPSA) is 97.8 Å². The summed E-state index contributed by atoms with van der Waals surface area (Å²) >= 11 is 0. The first-order valence-corrected chi connectivity index (χ1v) is 13.9. The van der Waals surface area contributed by atoms with Gasteiger partial charge in [0.1, 0.15) is 11.5 Å². The molecule has 9 nitrogen and oxygen atoms in total. The minimum Gasteiger partial charge on any atom is -0.507 e. The van der Waals surface area contributed by atoms with Gasteiger partial charge in [-0.2, -0.15) is 0 Å². The molecule has 1 atom stereocenters. The molecule has 1 unspecified atom stereocenters. The number of likely N-dealkylation sites (tertiary alicyclic amines) is 1. The summed E-state index contributed by atoms with van der Waals surface area (Å²) in [5, 5.41) is 11.5. The van der Waals surface area contributed by atoms with E-state index in [0.717, 1.165) is 37.9 Å². The van der Waals surface area contributed by atoms with E-state index in [4.69, 9.17) is 18.9 Å². The Bertz CT molecular complexity index is 1240. The number of ketones is 1. The van der Waals surface area contributed by atoms with Crippen molar-refractivity contribution < 1.29 is 33.6 Å². The molecule has 0 aliphatic carbocycles. The zero-order valence-corrected chi connectivity index (χ0v) is 23.9. The second-order valence-corrected chi connectivity index (χ2v) is 10.1. The Balaban J connectivity index is 1.73. The van der Waals surface area contributed by atoms with Crippen LogP contribution in [-0.4, -0.2) is 86.8 Å². The lowest BCUT2D eigenvalue weighted by molar-refractivity contribution is -0.140. The Morgan fingerprint density at radius 3 is 2.38 bits per heavy atom. The van der Waals surface area contributed by atoms with Crippen molar-refractivity contribution in [1.29, 1.82) is 0 Å². The van der Waals surface area contributed by atoms with Gasteiger partial charge in [0.15, 0.2) is 11.5 Å². The average Bonchev–Trinajstić information content (AvgIpc) is 3.23. The summed E-state index contributed by atoms with van der Waals surface area (Å²) in [5.74, 6) is 0.201. The molecule has 216 valence electrons. The molecule has 1 N–H and O–H groups in total.